The van der Waals surface area contributed by atoms with E-state index in [0.717, 1.165) is 61.1 Å². The number of rotatable bonds is 7. The van der Waals surface area contributed by atoms with Gasteiger partial charge >= 0.3 is 0 Å². The summed E-state index contributed by atoms with van der Waals surface area (Å²) in [7, 11) is 0. The van der Waals surface area contributed by atoms with Crippen LogP contribution < -0.4 is 4.90 Å². The predicted octanol–water partition coefficient (Wildman–Crippen LogP) is 17.1. The highest BCUT2D eigenvalue weighted by Crippen LogP contribution is 2.58. The maximum Gasteiger partial charge on any atom is 0.143 e. The first kappa shape index (κ1) is 37.1. The zero-order valence-electron chi connectivity index (χ0n) is 35.5. The Morgan fingerprint density at radius 2 is 0.923 bits per heavy atom. The van der Waals surface area contributed by atoms with E-state index in [9.17, 15) is 0 Å². The molecule has 0 saturated heterocycles. The van der Waals surface area contributed by atoms with E-state index in [1.165, 1.54) is 55.1 Å². The Balaban J connectivity index is 1.09. The van der Waals surface area contributed by atoms with Gasteiger partial charge in [0, 0.05) is 33.1 Å². The largest absolute Gasteiger partial charge is 0.455 e. The standard InChI is InChI=1S/C63H41NO/c1-3-22-45(23-4-1)63(46-24-5-2-6-25-46)57-33-13-11-29-52(57)53-39-37-48(41-58(53)63)64(47-26-15-21-44(40-47)50-31-16-20-42-18-7-9-27-49(42)50)59-34-14-12-30-54(59)55-32-17-35-60-61(55)56-38-36-43-19-8-10-28-51(43)62(56)65-60/h1-41H. The van der Waals surface area contributed by atoms with Gasteiger partial charge in [0.1, 0.15) is 11.2 Å². The van der Waals surface area contributed by atoms with Crippen molar-refractivity contribution in [1.82, 2.24) is 0 Å². The lowest BCUT2D eigenvalue weighted by atomic mass is 9.67. The molecular formula is C63H41NO. The van der Waals surface area contributed by atoms with Crippen molar-refractivity contribution in [1.29, 1.82) is 0 Å². The maximum absolute atomic E-state index is 6.77. The number of fused-ring (bicyclic) bond motifs is 9. The molecule has 12 aromatic rings. The minimum atomic E-state index is -0.551. The van der Waals surface area contributed by atoms with E-state index < -0.39 is 5.41 Å². The molecule has 0 N–H and O–H groups in total. The summed E-state index contributed by atoms with van der Waals surface area (Å²) in [6.45, 7) is 0. The number of hydrogen-bond acceptors (Lipinski definition) is 2. The minimum absolute atomic E-state index is 0.551. The average Bonchev–Trinajstić information content (AvgIpc) is 3.91. The molecule has 1 aliphatic rings. The first-order valence-electron chi connectivity index (χ1n) is 22.4. The van der Waals surface area contributed by atoms with Crippen LogP contribution in [0.3, 0.4) is 0 Å². The monoisotopic (exact) mass is 827 g/mol. The first-order chi connectivity index (χ1) is 32.3. The molecular weight excluding hydrogens is 787 g/mol. The van der Waals surface area contributed by atoms with Gasteiger partial charge in [-0.2, -0.15) is 0 Å². The van der Waals surface area contributed by atoms with Gasteiger partial charge in [-0.25, -0.2) is 0 Å². The van der Waals surface area contributed by atoms with Gasteiger partial charge < -0.3 is 9.32 Å². The lowest BCUT2D eigenvalue weighted by Crippen LogP contribution is -2.28. The molecule has 2 nitrogen and oxygen atoms in total. The Bertz CT molecular complexity index is 3740. The number of para-hydroxylation sites is 1. The second-order valence-corrected chi connectivity index (χ2v) is 17.1. The highest BCUT2D eigenvalue weighted by Gasteiger charge is 2.46. The summed E-state index contributed by atoms with van der Waals surface area (Å²) >= 11 is 0. The second-order valence-electron chi connectivity index (χ2n) is 17.1. The summed E-state index contributed by atoms with van der Waals surface area (Å²) < 4.78 is 6.77. The number of hydrogen-bond donors (Lipinski definition) is 0. The molecule has 0 amide bonds. The van der Waals surface area contributed by atoms with Crippen LogP contribution in [0.5, 0.6) is 0 Å². The fourth-order valence-corrected chi connectivity index (χ4v) is 11.0. The molecule has 65 heavy (non-hydrogen) atoms. The van der Waals surface area contributed by atoms with Crippen LogP contribution in [0.25, 0.3) is 76.9 Å². The molecule has 0 spiro atoms. The summed E-state index contributed by atoms with van der Waals surface area (Å²) in [5.74, 6) is 0. The lowest BCUT2D eigenvalue weighted by Gasteiger charge is -2.35. The Kier molecular flexibility index (Phi) is 8.47. The normalized spacial score (nSPS) is 12.7. The summed E-state index contributed by atoms with van der Waals surface area (Å²) in [6, 6.07) is 90.9. The molecule has 1 aromatic heterocycles. The third-order valence-electron chi connectivity index (χ3n) is 13.7. The Hall–Kier alpha value is -8.46. The molecule has 0 saturated carbocycles. The zero-order valence-corrected chi connectivity index (χ0v) is 35.5. The van der Waals surface area contributed by atoms with Gasteiger partial charge in [0.25, 0.3) is 0 Å². The third-order valence-corrected chi connectivity index (χ3v) is 13.7. The van der Waals surface area contributed by atoms with Crippen molar-refractivity contribution in [2.75, 3.05) is 4.90 Å². The molecule has 2 heteroatoms. The van der Waals surface area contributed by atoms with Crippen LogP contribution in [0.15, 0.2) is 253 Å². The quantitative estimate of drug-likeness (QED) is 0.159. The van der Waals surface area contributed by atoms with E-state index in [4.69, 9.17) is 4.42 Å². The summed E-state index contributed by atoms with van der Waals surface area (Å²) in [6.07, 6.45) is 0. The summed E-state index contributed by atoms with van der Waals surface area (Å²) in [5.41, 5.74) is 16.6. The van der Waals surface area contributed by atoms with Crippen molar-refractivity contribution in [2.45, 2.75) is 5.41 Å². The highest BCUT2D eigenvalue weighted by atomic mass is 16.3. The van der Waals surface area contributed by atoms with Crippen LogP contribution in [0, 0.1) is 0 Å². The number of nitrogens with zero attached hydrogens (tertiary/aromatic N) is 1. The van der Waals surface area contributed by atoms with Gasteiger partial charge in [0.15, 0.2) is 0 Å². The first-order valence-corrected chi connectivity index (χ1v) is 22.4. The summed E-state index contributed by atoms with van der Waals surface area (Å²) in [5, 5.41) is 6.96. The molecule has 0 bridgehead atoms. The van der Waals surface area contributed by atoms with Gasteiger partial charge in [-0.1, -0.05) is 206 Å². The van der Waals surface area contributed by atoms with Gasteiger partial charge in [-0.05, 0) is 109 Å². The fourth-order valence-electron chi connectivity index (χ4n) is 11.0. The van der Waals surface area contributed by atoms with E-state index in [1.807, 2.05) is 0 Å². The van der Waals surface area contributed by atoms with E-state index in [0.29, 0.717) is 0 Å². The van der Waals surface area contributed by atoms with Crippen LogP contribution in [0.1, 0.15) is 22.3 Å². The smallest absolute Gasteiger partial charge is 0.143 e. The molecule has 304 valence electrons. The van der Waals surface area contributed by atoms with Gasteiger partial charge in [-0.15, -0.1) is 0 Å². The van der Waals surface area contributed by atoms with Crippen LogP contribution in [0.2, 0.25) is 0 Å². The molecule has 0 unspecified atom stereocenters. The van der Waals surface area contributed by atoms with Crippen LogP contribution in [-0.4, -0.2) is 0 Å². The van der Waals surface area contributed by atoms with Crippen molar-refractivity contribution < 1.29 is 4.42 Å². The Labute approximate surface area is 377 Å². The fraction of sp³-hybridized carbons (Fsp3) is 0.0159. The van der Waals surface area contributed by atoms with Crippen molar-refractivity contribution in [3.05, 3.63) is 271 Å². The molecule has 0 aliphatic heterocycles. The average molecular weight is 828 g/mol. The Morgan fingerprint density at radius 1 is 0.338 bits per heavy atom. The number of furan rings is 1. The van der Waals surface area contributed by atoms with Crippen molar-refractivity contribution in [3.63, 3.8) is 0 Å². The Morgan fingerprint density at radius 3 is 1.74 bits per heavy atom. The predicted molar refractivity (Wildman–Crippen MR) is 272 cm³/mol. The molecule has 1 aliphatic carbocycles. The van der Waals surface area contributed by atoms with E-state index in [1.54, 1.807) is 0 Å². The molecule has 1 heterocycles. The molecule has 0 atom stereocenters. The SMILES string of the molecule is c1ccc(C2(c3ccccc3)c3ccccc3-c3ccc(N(c4cccc(-c5cccc6ccccc56)c4)c4ccccc4-c4cccc5oc6c7ccccc7ccc6c45)cc32)cc1. The van der Waals surface area contributed by atoms with Crippen LogP contribution >= 0.6 is 0 Å². The topological polar surface area (TPSA) is 16.4 Å². The van der Waals surface area contributed by atoms with Gasteiger partial charge in [0.2, 0.25) is 0 Å². The van der Waals surface area contributed by atoms with Gasteiger partial charge in [0.05, 0.1) is 11.1 Å². The van der Waals surface area contributed by atoms with Gasteiger partial charge in [-0.3, -0.25) is 0 Å². The molecule has 0 fully saturated rings. The van der Waals surface area contributed by atoms with Crippen LogP contribution in [-0.2, 0) is 5.41 Å². The number of anilines is 3. The zero-order chi connectivity index (χ0) is 42.9. The van der Waals surface area contributed by atoms with Crippen molar-refractivity contribution in [2.24, 2.45) is 0 Å². The molecule has 13 rings (SSSR count). The molecule has 11 aromatic carbocycles. The van der Waals surface area contributed by atoms with Crippen molar-refractivity contribution >= 4 is 60.5 Å². The van der Waals surface area contributed by atoms with E-state index in [-0.39, 0.29) is 0 Å². The minimum Gasteiger partial charge on any atom is -0.455 e. The van der Waals surface area contributed by atoms with Crippen LogP contribution in [0.4, 0.5) is 17.1 Å². The maximum atomic E-state index is 6.77. The van der Waals surface area contributed by atoms with E-state index >= 15 is 0 Å². The summed E-state index contributed by atoms with van der Waals surface area (Å²) in [4.78, 5) is 2.48. The highest BCUT2D eigenvalue weighted by molar-refractivity contribution is 6.20. The van der Waals surface area contributed by atoms with E-state index in [2.05, 4.69) is 254 Å². The van der Waals surface area contributed by atoms with Crippen molar-refractivity contribution in [3.8, 4) is 33.4 Å². The lowest BCUT2D eigenvalue weighted by molar-refractivity contribution is 0.673. The third kappa shape index (κ3) is 5.67. The molecule has 0 radical (unpaired) electrons. The second kappa shape index (κ2) is 14.8. The number of benzene rings is 11.